The minimum absolute atomic E-state index is 0. The summed E-state index contributed by atoms with van der Waals surface area (Å²) in [5.74, 6) is 0. The summed E-state index contributed by atoms with van der Waals surface area (Å²) in [5, 5.41) is 0. The first kappa shape index (κ1) is 21.5. The number of unbranched alkanes of at least 4 members (excludes halogenated alkanes) is 3. The Morgan fingerprint density at radius 1 is 0.680 bits per heavy atom. The summed E-state index contributed by atoms with van der Waals surface area (Å²) in [6.45, 7) is 4.40. The topological polar surface area (TPSA) is 24.7 Å². The molecular formula is C22H28N2Pd. The van der Waals surface area contributed by atoms with Crippen LogP contribution in [0.25, 0.3) is 0 Å². The third-order valence-electron chi connectivity index (χ3n) is 3.98. The summed E-state index contributed by atoms with van der Waals surface area (Å²) in [4.78, 5) is 9.77. The molecule has 0 radical (unpaired) electrons. The van der Waals surface area contributed by atoms with Crippen molar-refractivity contribution in [3.05, 3.63) is 60.7 Å². The molecule has 0 N–H and O–H groups in total. The van der Waals surface area contributed by atoms with E-state index in [0.29, 0.717) is 0 Å². The number of nitrogens with zero attached hydrogens (tertiary/aromatic N) is 2. The van der Waals surface area contributed by atoms with Gasteiger partial charge in [-0.1, -0.05) is 69.5 Å². The van der Waals surface area contributed by atoms with E-state index < -0.39 is 0 Å². The minimum atomic E-state index is 0. The molecule has 0 bridgehead atoms. The molecule has 0 aromatic heterocycles. The van der Waals surface area contributed by atoms with Crippen molar-refractivity contribution in [3.63, 3.8) is 0 Å². The Morgan fingerprint density at radius 2 is 1.20 bits per heavy atom. The summed E-state index contributed by atoms with van der Waals surface area (Å²) in [6, 6.07) is 20.4. The maximum absolute atomic E-state index is 4.91. The third kappa shape index (κ3) is 7.91. The van der Waals surface area contributed by atoms with Crippen LogP contribution in [0.15, 0.2) is 70.6 Å². The van der Waals surface area contributed by atoms with E-state index in [9.17, 15) is 0 Å². The first-order valence-electron chi connectivity index (χ1n) is 9.09. The molecule has 2 aromatic rings. The van der Waals surface area contributed by atoms with Crippen LogP contribution in [-0.4, -0.2) is 11.4 Å². The molecule has 25 heavy (non-hydrogen) atoms. The standard InChI is InChI=1S/C22H28N2.Pd/c1-3-5-6-13-18-22(24-20-16-11-8-12-17-20)21(4-2)23-19-14-9-7-10-15-19;/h7-12,14-17H,3-6,13,18H2,1-2H3;. The van der Waals surface area contributed by atoms with Gasteiger partial charge in [-0.2, -0.15) is 0 Å². The molecule has 0 aliphatic carbocycles. The fourth-order valence-electron chi connectivity index (χ4n) is 2.65. The molecule has 3 heteroatoms. The first-order valence-corrected chi connectivity index (χ1v) is 9.09. The van der Waals surface area contributed by atoms with Gasteiger partial charge in [0.1, 0.15) is 0 Å². The number of hydrogen-bond donors (Lipinski definition) is 0. The van der Waals surface area contributed by atoms with Crippen molar-refractivity contribution in [2.24, 2.45) is 9.98 Å². The van der Waals surface area contributed by atoms with Gasteiger partial charge in [-0.15, -0.1) is 0 Å². The molecule has 0 fully saturated rings. The number of hydrogen-bond acceptors (Lipinski definition) is 2. The van der Waals surface area contributed by atoms with Gasteiger partial charge in [0.15, 0.2) is 0 Å². The van der Waals surface area contributed by atoms with Gasteiger partial charge in [0.2, 0.25) is 0 Å². The third-order valence-corrected chi connectivity index (χ3v) is 3.98. The molecule has 2 rings (SSSR count). The molecule has 0 heterocycles. The zero-order valence-corrected chi connectivity index (χ0v) is 16.8. The first-order chi connectivity index (χ1) is 11.8. The Kier molecular flexibility index (Phi) is 11.0. The van der Waals surface area contributed by atoms with E-state index >= 15 is 0 Å². The molecule has 0 saturated heterocycles. The second-order valence-electron chi connectivity index (χ2n) is 5.95. The van der Waals surface area contributed by atoms with Crippen LogP contribution >= 0.6 is 0 Å². The number of rotatable bonds is 9. The average molecular weight is 427 g/mol. The average Bonchev–Trinajstić information content (AvgIpc) is 2.64. The minimum Gasteiger partial charge on any atom is -0.252 e. The number of aliphatic imine (C=N–C) groups is 2. The van der Waals surface area contributed by atoms with Crippen molar-refractivity contribution in [2.75, 3.05) is 0 Å². The summed E-state index contributed by atoms with van der Waals surface area (Å²) < 4.78 is 0. The monoisotopic (exact) mass is 426 g/mol. The van der Waals surface area contributed by atoms with Gasteiger partial charge in [0.25, 0.3) is 0 Å². The van der Waals surface area contributed by atoms with Crippen molar-refractivity contribution in [1.82, 2.24) is 0 Å². The molecule has 0 aliphatic heterocycles. The van der Waals surface area contributed by atoms with Crippen LogP contribution in [0.2, 0.25) is 0 Å². The van der Waals surface area contributed by atoms with E-state index in [1.54, 1.807) is 0 Å². The maximum atomic E-state index is 4.91. The normalized spacial score (nSPS) is 11.9. The molecule has 0 unspecified atom stereocenters. The van der Waals surface area contributed by atoms with Crippen LogP contribution in [0.1, 0.15) is 52.4 Å². The predicted molar refractivity (Wildman–Crippen MR) is 106 cm³/mol. The summed E-state index contributed by atoms with van der Waals surface area (Å²) in [7, 11) is 0. The second kappa shape index (κ2) is 12.8. The van der Waals surface area contributed by atoms with E-state index in [0.717, 1.165) is 35.6 Å². The van der Waals surface area contributed by atoms with Crippen molar-refractivity contribution >= 4 is 22.8 Å². The smallest absolute Gasteiger partial charge is 0.0633 e. The Labute approximate surface area is 166 Å². The molecule has 0 atom stereocenters. The summed E-state index contributed by atoms with van der Waals surface area (Å²) >= 11 is 0. The summed E-state index contributed by atoms with van der Waals surface area (Å²) in [6.07, 6.45) is 6.86. The van der Waals surface area contributed by atoms with Crippen molar-refractivity contribution in [1.29, 1.82) is 0 Å². The molecule has 2 aromatic carbocycles. The Bertz CT molecular complexity index is 648. The molecule has 136 valence electrons. The quantitative estimate of drug-likeness (QED) is 0.236. The van der Waals surface area contributed by atoms with Crippen molar-refractivity contribution < 1.29 is 20.4 Å². The van der Waals surface area contributed by atoms with Gasteiger partial charge in [0.05, 0.1) is 22.8 Å². The molecule has 2 nitrogen and oxygen atoms in total. The van der Waals surface area contributed by atoms with Crippen molar-refractivity contribution in [3.8, 4) is 0 Å². The largest absolute Gasteiger partial charge is 0.252 e. The Morgan fingerprint density at radius 3 is 1.68 bits per heavy atom. The maximum Gasteiger partial charge on any atom is 0.0633 e. The van der Waals surface area contributed by atoms with E-state index in [1.165, 1.54) is 25.7 Å². The zero-order valence-electron chi connectivity index (χ0n) is 15.2. The van der Waals surface area contributed by atoms with Gasteiger partial charge in [-0.25, -0.2) is 0 Å². The van der Waals surface area contributed by atoms with Crippen LogP contribution in [0.4, 0.5) is 11.4 Å². The van der Waals surface area contributed by atoms with E-state index in [4.69, 9.17) is 9.98 Å². The van der Waals surface area contributed by atoms with Gasteiger partial charge in [0, 0.05) is 20.4 Å². The molecule has 0 amide bonds. The fourth-order valence-corrected chi connectivity index (χ4v) is 2.65. The van der Waals surface area contributed by atoms with E-state index in [1.807, 2.05) is 48.5 Å². The number of para-hydroxylation sites is 2. The van der Waals surface area contributed by atoms with E-state index in [2.05, 4.69) is 26.0 Å². The Balaban J connectivity index is 0.00000312. The zero-order chi connectivity index (χ0) is 17.0. The Hall–Kier alpha value is -1.56. The summed E-state index contributed by atoms with van der Waals surface area (Å²) in [5.41, 5.74) is 4.24. The van der Waals surface area contributed by atoms with Crippen LogP contribution in [0, 0.1) is 0 Å². The predicted octanol–water partition coefficient (Wildman–Crippen LogP) is 6.91. The molecule has 0 aliphatic rings. The second-order valence-corrected chi connectivity index (χ2v) is 5.95. The van der Waals surface area contributed by atoms with Gasteiger partial charge in [-0.05, 0) is 43.5 Å². The van der Waals surface area contributed by atoms with Crippen LogP contribution in [0.3, 0.4) is 0 Å². The molecule has 0 saturated carbocycles. The molecular weight excluding hydrogens is 399 g/mol. The van der Waals surface area contributed by atoms with E-state index in [-0.39, 0.29) is 20.4 Å². The van der Waals surface area contributed by atoms with Crippen LogP contribution < -0.4 is 0 Å². The van der Waals surface area contributed by atoms with Gasteiger partial charge < -0.3 is 0 Å². The molecule has 0 spiro atoms. The van der Waals surface area contributed by atoms with Crippen LogP contribution in [-0.2, 0) is 20.4 Å². The van der Waals surface area contributed by atoms with Gasteiger partial charge >= 0.3 is 0 Å². The fraction of sp³-hybridized carbons (Fsp3) is 0.364. The number of benzene rings is 2. The SMILES string of the molecule is CCCCCCC(=Nc1ccccc1)C(CC)=Nc1ccccc1.[Pd]. The van der Waals surface area contributed by atoms with Gasteiger partial charge in [-0.3, -0.25) is 9.98 Å². The van der Waals surface area contributed by atoms with Crippen LogP contribution in [0.5, 0.6) is 0 Å². The van der Waals surface area contributed by atoms with Crippen molar-refractivity contribution in [2.45, 2.75) is 52.4 Å².